The van der Waals surface area contributed by atoms with Crippen LogP contribution in [0.15, 0.2) is 53.5 Å². The SMILES string of the molecule is Cc1cccc(NC(N)=NC2CC(c3ccccc3C)C2)c1.I. The Morgan fingerprint density at radius 2 is 1.83 bits per heavy atom. The molecule has 2 aromatic rings. The van der Waals surface area contributed by atoms with Crippen molar-refractivity contribution in [3.05, 3.63) is 65.2 Å². The van der Waals surface area contributed by atoms with Gasteiger partial charge in [0.2, 0.25) is 0 Å². The van der Waals surface area contributed by atoms with Crippen LogP contribution in [0.1, 0.15) is 35.4 Å². The third-order valence-electron chi connectivity index (χ3n) is 4.35. The van der Waals surface area contributed by atoms with Crippen LogP contribution in [0.25, 0.3) is 0 Å². The summed E-state index contributed by atoms with van der Waals surface area (Å²) in [5, 5.41) is 3.18. The first-order valence-corrected chi connectivity index (χ1v) is 7.84. The van der Waals surface area contributed by atoms with Crippen LogP contribution in [-0.2, 0) is 0 Å². The van der Waals surface area contributed by atoms with E-state index in [1.807, 2.05) is 12.1 Å². The Hall–Kier alpha value is -1.56. The summed E-state index contributed by atoms with van der Waals surface area (Å²) in [6.07, 6.45) is 2.17. The maximum Gasteiger partial charge on any atom is 0.193 e. The lowest BCUT2D eigenvalue weighted by Crippen LogP contribution is -2.31. The number of nitrogens with one attached hydrogen (secondary N) is 1. The number of aryl methyl sites for hydroxylation is 2. The predicted molar refractivity (Wildman–Crippen MR) is 109 cm³/mol. The molecule has 0 radical (unpaired) electrons. The smallest absolute Gasteiger partial charge is 0.193 e. The van der Waals surface area contributed by atoms with Crippen molar-refractivity contribution in [2.75, 3.05) is 5.32 Å². The second-order valence-corrected chi connectivity index (χ2v) is 6.19. The van der Waals surface area contributed by atoms with Gasteiger partial charge in [0.25, 0.3) is 0 Å². The quantitative estimate of drug-likeness (QED) is 0.433. The lowest BCUT2D eigenvalue weighted by atomic mass is 9.75. The van der Waals surface area contributed by atoms with E-state index in [1.54, 1.807) is 0 Å². The number of hydrogen-bond donors (Lipinski definition) is 2. The molecule has 1 aliphatic carbocycles. The van der Waals surface area contributed by atoms with Crippen LogP contribution in [0.2, 0.25) is 0 Å². The summed E-state index contributed by atoms with van der Waals surface area (Å²) in [5.74, 6) is 1.14. The number of halogens is 1. The lowest BCUT2D eigenvalue weighted by molar-refractivity contribution is 0.352. The lowest BCUT2D eigenvalue weighted by Gasteiger charge is -2.34. The van der Waals surface area contributed by atoms with Crippen LogP contribution in [0, 0.1) is 13.8 Å². The van der Waals surface area contributed by atoms with Gasteiger partial charge in [0.05, 0.1) is 6.04 Å². The highest BCUT2D eigenvalue weighted by atomic mass is 127. The first-order valence-electron chi connectivity index (χ1n) is 7.84. The highest BCUT2D eigenvalue weighted by molar-refractivity contribution is 14.0. The Morgan fingerprint density at radius 3 is 2.52 bits per heavy atom. The van der Waals surface area contributed by atoms with Crippen molar-refractivity contribution in [2.24, 2.45) is 10.7 Å². The van der Waals surface area contributed by atoms with E-state index in [9.17, 15) is 0 Å². The Balaban J connectivity index is 0.00000192. The normalized spacial score (nSPS) is 20.3. The summed E-state index contributed by atoms with van der Waals surface area (Å²) in [6, 6.07) is 17.1. The van der Waals surface area contributed by atoms with Crippen molar-refractivity contribution >= 4 is 35.6 Å². The van der Waals surface area contributed by atoms with Gasteiger partial charge in [-0.1, -0.05) is 36.4 Å². The van der Waals surface area contributed by atoms with Crippen LogP contribution >= 0.6 is 24.0 Å². The maximum atomic E-state index is 6.02. The molecule has 4 heteroatoms. The van der Waals surface area contributed by atoms with Gasteiger partial charge in [-0.25, -0.2) is 4.99 Å². The van der Waals surface area contributed by atoms with Crippen LogP contribution in [0.3, 0.4) is 0 Å². The molecule has 0 heterocycles. The summed E-state index contributed by atoms with van der Waals surface area (Å²) in [7, 11) is 0. The van der Waals surface area contributed by atoms with E-state index in [-0.39, 0.29) is 24.0 Å². The van der Waals surface area contributed by atoms with Gasteiger partial charge in [-0.15, -0.1) is 24.0 Å². The molecule has 122 valence electrons. The van der Waals surface area contributed by atoms with Gasteiger partial charge in [0.1, 0.15) is 0 Å². The van der Waals surface area contributed by atoms with Crippen LogP contribution < -0.4 is 11.1 Å². The Labute approximate surface area is 155 Å². The van der Waals surface area contributed by atoms with E-state index in [1.165, 1.54) is 16.7 Å². The topological polar surface area (TPSA) is 50.4 Å². The first kappa shape index (κ1) is 17.8. The fraction of sp³-hybridized carbons (Fsp3) is 0.316. The number of anilines is 1. The number of benzene rings is 2. The summed E-state index contributed by atoms with van der Waals surface area (Å²) in [5.41, 5.74) is 11.1. The zero-order chi connectivity index (χ0) is 15.5. The second-order valence-electron chi connectivity index (χ2n) is 6.19. The molecule has 0 spiro atoms. The maximum absolute atomic E-state index is 6.02. The van der Waals surface area contributed by atoms with Crippen molar-refractivity contribution in [3.63, 3.8) is 0 Å². The average molecular weight is 421 g/mol. The summed E-state index contributed by atoms with van der Waals surface area (Å²) in [6.45, 7) is 4.25. The molecular weight excluding hydrogens is 397 g/mol. The molecule has 0 bridgehead atoms. The Morgan fingerprint density at radius 1 is 1.09 bits per heavy atom. The predicted octanol–water partition coefficient (Wildman–Crippen LogP) is 4.59. The second kappa shape index (κ2) is 7.81. The summed E-state index contributed by atoms with van der Waals surface area (Å²) < 4.78 is 0. The average Bonchev–Trinajstić information content (AvgIpc) is 2.43. The van der Waals surface area contributed by atoms with E-state index in [0.29, 0.717) is 17.9 Å². The van der Waals surface area contributed by atoms with E-state index in [4.69, 9.17) is 5.73 Å². The van der Waals surface area contributed by atoms with Crippen LogP contribution in [0.5, 0.6) is 0 Å². The fourth-order valence-electron chi connectivity index (χ4n) is 3.09. The van der Waals surface area contributed by atoms with Crippen molar-refractivity contribution < 1.29 is 0 Å². The molecule has 3 N–H and O–H groups in total. The van der Waals surface area contributed by atoms with E-state index in [2.05, 4.69) is 60.6 Å². The van der Waals surface area contributed by atoms with E-state index < -0.39 is 0 Å². The molecule has 0 saturated heterocycles. The number of guanidine groups is 1. The molecular formula is C19H24IN3. The van der Waals surface area contributed by atoms with Crippen molar-refractivity contribution in [1.29, 1.82) is 0 Å². The number of rotatable bonds is 3. The molecule has 1 fully saturated rings. The third kappa shape index (κ3) is 4.47. The molecule has 0 unspecified atom stereocenters. The van der Waals surface area contributed by atoms with Gasteiger partial charge in [0.15, 0.2) is 5.96 Å². The van der Waals surface area contributed by atoms with E-state index >= 15 is 0 Å². The molecule has 0 aromatic heterocycles. The van der Waals surface area contributed by atoms with Gasteiger partial charge in [0, 0.05) is 5.69 Å². The standard InChI is InChI=1S/C19H23N3.HI/c1-13-6-5-8-16(10-13)21-19(20)22-17-11-15(12-17)18-9-4-3-7-14(18)2;/h3-10,15,17H,11-12H2,1-2H3,(H3,20,21,22);1H. The largest absolute Gasteiger partial charge is 0.370 e. The van der Waals surface area contributed by atoms with Gasteiger partial charge in [-0.2, -0.15) is 0 Å². The minimum Gasteiger partial charge on any atom is -0.370 e. The van der Waals surface area contributed by atoms with Crippen molar-refractivity contribution in [2.45, 2.75) is 38.6 Å². The zero-order valence-corrected chi connectivity index (χ0v) is 16.0. The highest BCUT2D eigenvalue weighted by Crippen LogP contribution is 2.39. The molecule has 3 rings (SSSR count). The number of nitrogens with two attached hydrogens (primary N) is 1. The summed E-state index contributed by atoms with van der Waals surface area (Å²) in [4.78, 5) is 4.60. The number of hydrogen-bond acceptors (Lipinski definition) is 1. The molecule has 0 aliphatic heterocycles. The minimum absolute atomic E-state index is 0. The molecule has 1 saturated carbocycles. The third-order valence-corrected chi connectivity index (χ3v) is 4.35. The Bertz CT molecular complexity index is 691. The van der Waals surface area contributed by atoms with Crippen molar-refractivity contribution in [3.8, 4) is 0 Å². The molecule has 23 heavy (non-hydrogen) atoms. The molecule has 2 aromatic carbocycles. The van der Waals surface area contributed by atoms with Gasteiger partial charge in [-0.3, -0.25) is 0 Å². The highest BCUT2D eigenvalue weighted by Gasteiger charge is 2.30. The fourth-order valence-corrected chi connectivity index (χ4v) is 3.09. The van der Waals surface area contributed by atoms with Crippen LogP contribution in [0.4, 0.5) is 5.69 Å². The van der Waals surface area contributed by atoms with Crippen LogP contribution in [-0.4, -0.2) is 12.0 Å². The van der Waals surface area contributed by atoms with Gasteiger partial charge >= 0.3 is 0 Å². The summed E-state index contributed by atoms with van der Waals surface area (Å²) >= 11 is 0. The van der Waals surface area contributed by atoms with Gasteiger partial charge in [-0.05, 0) is 61.4 Å². The van der Waals surface area contributed by atoms with Crippen molar-refractivity contribution in [1.82, 2.24) is 0 Å². The minimum atomic E-state index is 0. The molecule has 1 aliphatic rings. The first-order chi connectivity index (χ1) is 10.6. The monoisotopic (exact) mass is 421 g/mol. The number of nitrogens with zero attached hydrogens (tertiary/aromatic N) is 1. The Kier molecular flexibility index (Phi) is 6.04. The molecule has 0 atom stereocenters. The number of aliphatic imine (C=N–C) groups is 1. The van der Waals surface area contributed by atoms with E-state index in [0.717, 1.165) is 18.5 Å². The van der Waals surface area contributed by atoms with Gasteiger partial charge < -0.3 is 11.1 Å². The zero-order valence-electron chi connectivity index (χ0n) is 13.6. The molecule has 3 nitrogen and oxygen atoms in total. The molecule has 0 amide bonds.